The van der Waals surface area contributed by atoms with Crippen LogP contribution in [0, 0.1) is 0 Å². The molecule has 1 heterocycles. The Kier molecular flexibility index (Phi) is 4.12. The van der Waals surface area contributed by atoms with Gasteiger partial charge in [-0.1, -0.05) is 6.92 Å². The summed E-state index contributed by atoms with van der Waals surface area (Å²) < 4.78 is 0. The van der Waals surface area contributed by atoms with Crippen molar-refractivity contribution in [3.05, 3.63) is 24.3 Å². The lowest BCUT2D eigenvalue weighted by molar-refractivity contribution is 0.140. The van der Waals surface area contributed by atoms with Crippen molar-refractivity contribution in [1.29, 1.82) is 0 Å². The van der Waals surface area contributed by atoms with Gasteiger partial charge >= 0.3 is 0 Å². The lowest BCUT2D eigenvalue weighted by atomic mass is 10.1. The number of hydrogen-bond donors (Lipinski definition) is 1. The summed E-state index contributed by atoms with van der Waals surface area (Å²) in [6.45, 7) is 10.3. The number of hydrogen-bond acceptors (Lipinski definition) is 3. The van der Waals surface area contributed by atoms with Crippen molar-refractivity contribution in [2.24, 2.45) is 0 Å². The van der Waals surface area contributed by atoms with Gasteiger partial charge in [0.2, 0.25) is 0 Å². The molecule has 2 unspecified atom stereocenters. The van der Waals surface area contributed by atoms with Crippen molar-refractivity contribution < 1.29 is 0 Å². The summed E-state index contributed by atoms with van der Waals surface area (Å²) in [6, 6.07) is 9.98. The molecule has 1 aromatic carbocycles. The molecule has 1 aromatic rings. The minimum absolute atomic E-state index is 0.628. The molecule has 1 N–H and O–H groups in total. The van der Waals surface area contributed by atoms with Crippen LogP contribution < -0.4 is 10.2 Å². The maximum Gasteiger partial charge on any atom is 0.0368 e. The molecule has 3 heteroatoms. The Morgan fingerprint density at radius 1 is 1.11 bits per heavy atom. The molecule has 100 valence electrons. The SMILES string of the molecule is CCN1C(C)CN(c2ccc(NC)cc2)CC1C. The van der Waals surface area contributed by atoms with Crippen molar-refractivity contribution in [3.63, 3.8) is 0 Å². The van der Waals surface area contributed by atoms with Crippen LogP contribution in [0.1, 0.15) is 20.8 Å². The van der Waals surface area contributed by atoms with Gasteiger partial charge in [0, 0.05) is 43.6 Å². The minimum Gasteiger partial charge on any atom is -0.388 e. The van der Waals surface area contributed by atoms with E-state index in [0.29, 0.717) is 12.1 Å². The van der Waals surface area contributed by atoms with Gasteiger partial charge in [-0.05, 0) is 44.7 Å². The van der Waals surface area contributed by atoms with Gasteiger partial charge in [0.15, 0.2) is 0 Å². The Hall–Kier alpha value is -1.22. The maximum absolute atomic E-state index is 3.16. The quantitative estimate of drug-likeness (QED) is 0.886. The molecule has 18 heavy (non-hydrogen) atoms. The molecular weight excluding hydrogens is 222 g/mol. The van der Waals surface area contributed by atoms with Crippen LogP contribution in [0.15, 0.2) is 24.3 Å². The Morgan fingerprint density at radius 2 is 1.67 bits per heavy atom. The highest BCUT2D eigenvalue weighted by Gasteiger charge is 2.28. The summed E-state index contributed by atoms with van der Waals surface area (Å²) in [5.41, 5.74) is 2.51. The van der Waals surface area contributed by atoms with Gasteiger partial charge in [-0.15, -0.1) is 0 Å². The zero-order valence-corrected chi connectivity index (χ0v) is 12.0. The molecule has 1 aliphatic rings. The summed E-state index contributed by atoms with van der Waals surface area (Å²) in [7, 11) is 1.96. The average Bonchev–Trinajstić information content (AvgIpc) is 2.38. The van der Waals surface area contributed by atoms with Crippen LogP contribution in [-0.2, 0) is 0 Å². The average molecular weight is 247 g/mol. The van der Waals surface area contributed by atoms with Gasteiger partial charge in [0.25, 0.3) is 0 Å². The topological polar surface area (TPSA) is 18.5 Å². The maximum atomic E-state index is 3.16. The lowest BCUT2D eigenvalue weighted by Gasteiger charge is -2.45. The second kappa shape index (κ2) is 5.61. The van der Waals surface area contributed by atoms with Crippen LogP contribution in [0.5, 0.6) is 0 Å². The smallest absolute Gasteiger partial charge is 0.0368 e. The standard InChI is InChI=1S/C15H25N3/c1-5-18-12(2)10-17(11-13(18)3)15-8-6-14(16-4)7-9-15/h6-9,12-13,16H,5,10-11H2,1-4H3. The van der Waals surface area contributed by atoms with E-state index >= 15 is 0 Å². The van der Waals surface area contributed by atoms with Gasteiger partial charge in [0.1, 0.15) is 0 Å². The van der Waals surface area contributed by atoms with E-state index in [1.54, 1.807) is 0 Å². The van der Waals surface area contributed by atoms with E-state index in [4.69, 9.17) is 0 Å². The molecule has 2 rings (SSSR count). The van der Waals surface area contributed by atoms with Gasteiger partial charge in [-0.25, -0.2) is 0 Å². The zero-order chi connectivity index (χ0) is 13.1. The van der Waals surface area contributed by atoms with Gasteiger partial charge in [-0.3, -0.25) is 4.90 Å². The number of nitrogens with zero attached hydrogens (tertiary/aromatic N) is 2. The lowest BCUT2D eigenvalue weighted by Crippen LogP contribution is -2.56. The van der Waals surface area contributed by atoms with E-state index in [0.717, 1.165) is 19.6 Å². The van der Waals surface area contributed by atoms with Crippen LogP contribution in [0.3, 0.4) is 0 Å². The van der Waals surface area contributed by atoms with Crippen LogP contribution >= 0.6 is 0 Å². The number of anilines is 2. The first-order chi connectivity index (χ1) is 8.65. The highest BCUT2D eigenvalue weighted by atomic mass is 15.3. The largest absolute Gasteiger partial charge is 0.388 e. The third-order valence-corrected chi connectivity index (χ3v) is 3.99. The number of nitrogens with one attached hydrogen (secondary N) is 1. The van der Waals surface area contributed by atoms with E-state index in [9.17, 15) is 0 Å². The molecule has 1 fully saturated rings. The van der Waals surface area contributed by atoms with Gasteiger partial charge in [-0.2, -0.15) is 0 Å². The molecule has 1 saturated heterocycles. The van der Waals surface area contributed by atoms with Gasteiger partial charge in [0.05, 0.1) is 0 Å². The molecule has 0 saturated carbocycles. The molecular formula is C15H25N3. The second-order valence-electron chi connectivity index (χ2n) is 5.23. The highest BCUT2D eigenvalue weighted by Crippen LogP contribution is 2.23. The van der Waals surface area contributed by atoms with Crippen LogP contribution in [0.2, 0.25) is 0 Å². The second-order valence-corrected chi connectivity index (χ2v) is 5.23. The van der Waals surface area contributed by atoms with Crippen LogP contribution in [0.4, 0.5) is 11.4 Å². The first-order valence-corrected chi connectivity index (χ1v) is 6.94. The molecule has 0 spiro atoms. The normalized spacial score (nSPS) is 25.2. The molecule has 1 aliphatic heterocycles. The van der Waals surface area contributed by atoms with E-state index < -0.39 is 0 Å². The van der Waals surface area contributed by atoms with Crippen molar-refractivity contribution in [3.8, 4) is 0 Å². The molecule has 3 nitrogen and oxygen atoms in total. The monoisotopic (exact) mass is 247 g/mol. The summed E-state index contributed by atoms with van der Waals surface area (Å²) in [4.78, 5) is 5.08. The Labute approximate surface area is 111 Å². The third kappa shape index (κ3) is 2.61. The number of rotatable bonds is 3. The molecule has 0 aromatic heterocycles. The van der Waals surface area contributed by atoms with Crippen LogP contribution in [0.25, 0.3) is 0 Å². The van der Waals surface area contributed by atoms with Crippen molar-refractivity contribution >= 4 is 11.4 Å². The third-order valence-electron chi connectivity index (χ3n) is 3.99. The predicted molar refractivity (Wildman–Crippen MR) is 79.5 cm³/mol. The van der Waals surface area contributed by atoms with E-state index in [-0.39, 0.29) is 0 Å². The van der Waals surface area contributed by atoms with Crippen LogP contribution in [-0.4, -0.2) is 43.7 Å². The molecule has 2 atom stereocenters. The minimum atomic E-state index is 0.628. The molecule has 0 bridgehead atoms. The highest BCUT2D eigenvalue weighted by molar-refractivity contribution is 5.55. The van der Waals surface area contributed by atoms with Gasteiger partial charge < -0.3 is 10.2 Å². The van der Waals surface area contributed by atoms with E-state index in [1.807, 2.05) is 7.05 Å². The first kappa shape index (κ1) is 13.2. The first-order valence-electron chi connectivity index (χ1n) is 6.94. The Bertz CT molecular complexity index is 362. The zero-order valence-electron chi connectivity index (χ0n) is 12.0. The molecule has 0 amide bonds. The number of benzene rings is 1. The number of likely N-dealkylation sites (N-methyl/N-ethyl adjacent to an activating group) is 1. The fourth-order valence-corrected chi connectivity index (χ4v) is 3.03. The Morgan fingerprint density at radius 3 is 2.11 bits per heavy atom. The van der Waals surface area contributed by atoms with E-state index in [1.165, 1.54) is 11.4 Å². The van der Waals surface area contributed by atoms with Crippen molar-refractivity contribution in [1.82, 2.24) is 4.90 Å². The summed E-state index contributed by atoms with van der Waals surface area (Å²) in [5, 5.41) is 3.16. The van der Waals surface area contributed by atoms with E-state index in [2.05, 4.69) is 60.2 Å². The predicted octanol–water partition coefficient (Wildman–Crippen LogP) is 2.65. The van der Waals surface area contributed by atoms with Crippen molar-refractivity contribution in [2.45, 2.75) is 32.9 Å². The summed E-state index contributed by atoms with van der Waals surface area (Å²) in [5.74, 6) is 0. The fourth-order valence-electron chi connectivity index (χ4n) is 3.03. The summed E-state index contributed by atoms with van der Waals surface area (Å²) in [6.07, 6.45) is 0. The molecule has 0 aliphatic carbocycles. The molecule has 0 radical (unpaired) electrons. The summed E-state index contributed by atoms with van der Waals surface area (Å²) >= 11 is 0. The fraction of sp³-hybridized carbons (Fsp3) is 0.600. The Balaban J connectivity index is 2.09. The number of piperazine rings is 1. The van der Waals surface area contributed by atoms with Crippen molar-refractivity contribution in [2.75, 3.05) is 36.9 Å².